The number of fused-ring (bicyclic) bond motifs is 1. The highest BCUT2D eigenvalue weighted by Crippen LogP contribution is 2.44. The number of methoxy groups -OCH3 is 1. The van der Waals surface area contributed by atoms with Crippen molar-refractivity contribution in [2.45, 2.75) is 31.4 Å². The highest BCUT2D eigenvalue weighted by molar-refractivity contribution is 7.99. The van der Waals surface area contributed by atoms with Crippen LogP contribution in [0.4, 0.5) is 5.69 Å². The van der Waals surface area contributed by atoms with Crippen LogP contribution in [0.1, 0.15) is 31.2 Å². The quantitative estimate of drug-likeness (QED) is 0.762. The second kappa shape index (κ2) is 8.23. The predicted octanol–water partition coefficient (Wildman–Crippen LogP) is 2.81. The lowest BCUT2D eigenvalue weighted by Gasteiger charge is -2.37. The third-order valence-electron chi connectivity index (χ3n) is 5.39. The van der Waals surface area contributed by atoms with E-state index in [0.29, 0.717) is 17.4 Å². The van der Waals surface area contributed by atoms with Crippen LogP contribution < -0.4 is 10.6 Å². The van der Waals surface area contributed by atoms with Crippen LogP contribution in [0.15, 0.2) is 24.3 Å². The van der Waals surface area contributed by atoms with E-state index in [1.165, 1.54) is 25.3 Å². The Balaban J connectivity index is 1.61. The molecule has 0 aromatic heterocycles. The average Bonchev–Trinajstić information content (AvgIpc) is 3.07. The summed E-state index contributed by atoms with van der Waals surface area (Å²) in [5.74, 6) is 1.45. The maximum Gasteiger partial charge on any atom is 0.315 e. The molecule has 1 saturated heterocycles. The Morgan fingerprint density at radius 2 is 2.28 bits per heavy atom. The third kappa shape index (κ3) is 4.18. The molecule has 25 heavy (non-hydrogen) atoms. The summed E-state index contributed by atoms with van der Waals surface area (Å²) in [4.78, 5) is 24.2. The van der Waals surface area contributed by atoms with Crippen molar-refractivity contribution in [3.05, 3.63) is 29.8 Å². The van der Waals surface area contributed by atoms with Gasteiger partial charge in [-0.05, 0) is 43.0 Å². The maximum absolute atomic E-state index is 13.0. The van der Waals surface area contributed by atoms with E-state index >= 15 is 0 Å². The van der Waals surface area contributed by atoms with Gasteiger partial charge in [0.2, 0.25) is 5.91 Å². The summed E-state index contributed by atoms with van der Waals surface area (Å²) in [6.07, 6.45) is 4.49. The van der Waals surface area contributed by atoms with Gasteiger partial charge in [0.1, 0.15) is 0 Å². The molecule has 1 aliphatic heterocycles. The highest BCUT2D eigenvalue weighted by atomic mass is 32.2. The number of amides is 1. The standard InChI is InChI=1S/C19H26N2O3S/c1-24-17(22)12-25-11-14-5-4-7-16(9-14)21-18(23)19-8-3-2-6-15(19)10-20-13-19/h4-5,7,9,15,20H,2-3,6,8,10-13H2,1H3,(H,21,23)/t15-,19+/m0/s1. The van der Waals surface area contributed by atoms with Crippen molar-refractivity contribution in [1.82, 2.24) is 5.32 Å². The fourth-order valence-corrected chi connectivity index (χ4v) is 4.80. The van der Waals surface area contributed by atoms with E-state index < -0.39 is 0 Å². The summed E-state index contributed by atoms with van der Waals surface area (Å²) in [5, 5.41) is 6.56. The van der Waals surface area contributed by atoms with E-state index in [-0.39, 0.29) is 17.3 Å². The first-order valence-electron chi connectivity index (χ1n) is 8.90. The summed E-state index contributed by atoms with van der Waals surface area (Å²) in [6.45, 7) is 1.75. The molecule has 2 atom stereocenters. The molecular formula is C19H26N2O3S. The SMILES string of the molecule is COC(=O)CSCc1cccc(NC(=O)[C@@]23CCCC[C@H]2CNC3)c1. The predicted molar refractivity (Wildman–Crippen MR) is 101 cm³/mol. The topological polar surface area (TPSA) is 67.4 Å². The van der Waals surface area contributed by atoms with E-state index in [1.807, 2.05) is 24.3 Å². The Kier molecular flexibility index (Phi) is 6.02. The van der Waals surface area contributed by atoms with Gasteiger partial charge in [0.05, 0.1) is 18.3 Å². The molecule has 1 aromatic rings. The summed E-state index contributed by atoms with van der Waals surface area (Å²) < 4.78 is 4.65. The van der Waals surface area contributed by atoms with E-state index in [4.69, 9.17) is 0 Å². The van der Waals surface area contributed by atoms with Crippen LogP contribution in [-0.4, -0.2) is 37.8 Å². The Bertz CT molecular complexity index is 637. The molecule has 1 aromatic carbocycles. The monoisotopic (exact) mass is 362 g/mol. The molecule has 1 aliphatic carbocycles. The van der Waals surface area contributed by atoms with Crippen molar-refractivity contribution in [2.24, 2.45) is 11.3 Å². The Morgan fingerprint density at radius 1 is 1.40 bits per heavy atom. The molecule has 0 unspecified atom stereocenters. The molecule has 0 bridgehead atoms. The van der Waals surface area contributed by atoms with Crippen LogP contribution >= 0.6 is 11.8 Å². The molecule has 6 heteroatoms. The average molecular weight is 362 g/mol. The van der Waals surface area contributed by atoms with Gasteiger partial charge in [-0.2, -0.15) is 0 Å². The van der Waals surface area contributed by atoms with E-state index in [1.54, 1.807) is 0 Å². The van der Waals surface area contributed by atoms with Gasteiger partial charge in [-0.25, -0.2) is 0 Å². The first kappa shape index (κ1) is 18.3. The number of nitrogens with one attached hydrogen (secondary N) is 2. The maximum atomic E-state index is 13.0. The summed E-state index contributed by atoms with van der Waals surface area (Å²) in [7, 11) is 1.40. The molecule has 136 valence electrons. The van der Waals surface area contributed by atoms with Gasteiger partial charge >= 0.3 is 5.97 Å². The Labute approximate surface area is 153 Å². The van der Waals surface area contributed by atoms with Crippen molar-refractivity contribution >= 4 is 29.3 Å². The van der Waals surface area contributed by atoms with Gasteiger partial charge in [0.15, 0.2) is 0 Å². The number of hydrogen-bond donors (Lipinski definition) is 2. The van der Waals surface area contributed by atoms with E-state index in [0.717, 1.165) is 43.6 Å². The van der Waals surface area contributed by atoms with E-state index in [9.17, 15) is 9.59 Å². The summed E-state index contributed by atoms with van der Waals surface area (Å²) in [6, 6.07) is 7.90. The number of thioether (sulfide) groups is 1. The number of carbonyl (C=O) groups is 2. The smallest absolute Gasteiger partial charge is 0.315 e. The van der Waals surface area contributed by atoms with Gasteiger partial charge in [-0.15, -0.1) is 11.8 Å². The minimum absolute atomic E-state index is 0.154. The normalized spacial score (nSPS) is 25.2. The number of ether oxygens (including phenoxy) is 1. The summed E-state index contributed by atoms with van der Waals surface area (Å²) >= 11 is 1.51. The van der Waals surface area contributed by atoms with E-state index in [2.05, 4.69) is 15.4 Å². The highest BCUT2D eigenvalue weighted by Gasteiger charge is 2.49. The fraction of sp³-hybridized carbons (Fsp3) is 0.579. The van der Waals surface area contributed by atoms with Crippen LogP contribution in [0.3, 0.4) is 0 Å². The number of hydrogen-bond acceptors (Lipinski definition) is 5. The van der Waals surface area contributed by atoms with Gasteiger partial charge in [-0.1, -0.05) is 25.0 Å². The van der Waals surface area contributed by atoms with Crippen molar-refractivity contribution in [3.8, 4) is 0 Å². The lowest BCUT2D eigenvalue weighted by molar-refractivity contribution is -0.137. The second-order valence-electron chi connectivity index (χ2n) is 6.95. The van der Waals surface area contributed by atoms with Crippen LogP contribution in [0, 0.1) is 11.3 Å². The summed E-state index contributed by atoms with van der Waals surface area (Å²) in [5.41, 5.74) is 1.69. The minimum atomic E-state index is -0.242. The second-order valence-corrected chi connectivity index (χ2v) is 7.94. The van der Waals surface area contributed by atoms with Crippen molar-refractivity contribution in [1.29, 1.82) is 0 Å². The molecule has 1 saturated carbocycles. The number of esters is 1. The molecule has 0 spiro atoms. The molecule has 0 radical (unpaired) electrons. The minimum Gasteiger partial charge on any atom is -0.468 e. The van der Waals surface area contributed by atoms with Crippen molar-refractivity contribution in [2.75, 3.05) is 31.3 Å². The largest absolute Gasteiger partial charge is 0.468 e. The molecule has 1 amide bonds. The number of benzene rings is 1. The first-order valence-corrected chi connectivity index (χ1v) is 10.1. The lowest BCUT2D eigenvalue weighted by Crippen LogP contribution is -2.44. The molecule has 2 aliphatic rings. The van der Waals surface area contributed by atoms with Crippen LogP contribution in [0.5, 0.6) is 0 Å². The zero-order chi connectivity index (χ0) is 17.7. The third-order valence-corrected chi connectivity index (χ3v) is 6.37. The molecular weight excluding hydrogens is 336 g/mol. The molecule has 5 nitrogen and oxygen atoms in total. The van der Waals surface area contributed by atoms with Crippen molar-refractivity contribution < 1.29 is 14.3 Å². The van der Waals surface area contributed by atoms with Crippen LogP contribution in [0.2, 0.25) is 0 Å². The number of rotatable bonds is 6. The molecule has 3 rings (SSSR count). The van der Waals surface area contributed by atoms with Gasteiger partial charge in [-0.3, -0.25) is 9.59 Å². The zero-order valence-corrected chi connectivity index (χ0v) is 15.5. The van der Waals surface area contributed by atoms with Crippen LogP contribution in [0.25, 0.3) is 0 Å². The first-order chi connectivity index (χ1) is 12.1. The lowest BCUT2D eigenvalue weighted by atomic mass is 9.67. The zero-order valence-electron chi connectivity index (χ0n) is 14.7. The molecule has 1 heterocycles. The Morgan fingerprint density at radius 3 is 3.12 bits per heavy atom. The number of carbonyl (C=O) groups excluding carboxylic acids is 2. The molecule has 2 fully saturated rings. The van der Waals surface area contributed by atoms with Gasteiger partial charge < -0.3 is 15.4 Å². The van der Waals surface area contributed by atoms with Gasteiger partial charge in [0, 0.05) is 18.0 Å². The van der Waals surface area contributed by atoms with Crippen molar-refractivity contribution in [3.63, 3.8) is 0 Å². The Hall–Kier alpha value is -1.53. The van der Waals surface area contributed by atoms with Crippen LogP contribution in [-0.2, 0) is 20.1 Å². The van der Waals surface area contributed by atoms with Gasteiger partial charge in [0.25, 0.3) is 0 Å². The number of anilines is 1. The molecule has 2 N–H and O–H groups in total. The fourth-order valence-electron chi connectivity index (χ4n) is 4.00.